The van der Waals surface area contributed by atoms with Crippen molar-refractivity contribution in [3.05, 3.63) is 35.9 Å². The van der Waals surface area contributed by atoms with Crippen LogP contribution in [0.1, 0.15) is 31.2 Å². The van der Waals surface area contributed by atoms with Crippen LogP contribution < -0.4 is 5.32 Å². The van der Waals surface area contributed by atoms with E-state index in [9.17, 15) is 9.59 Å². The molecule has 1 aliphatic rings. The smallest absolute Gasteiger partial charge is 0.328 e. The van der Waals surface area contributed by atoms with Gasteiger partial charge < -0.3 is 10.4 Å². The molecule has 0 heterocycles. The molecule has 1 aromatic carbocycles. The second-order valence-corrected chi connectivity index (χ2v) is 4.85. The Hall–Kier alpha value is -2.10. The van der Waals surface area contributed by atoms with Gasteiger partial charge in [0.05, 0.1) is 0 Å². The van der Waals surface area contributed by atoms with Crippen molar-refractivity contribution in [2.45, 2.75) is 25.7 Å². The highest BCUT2D eigenvalue weighted by Crippen LogP contribution is 2.29. The van der Waals surface area contributed by atoms with E-state index in [2.05, 4.69) is 5.32 Å². The summed E-state index contributed by atoms with van der Waals surface area (Å²) < 4.78 is 0. The van der Waals surface area contributed by atoms with Crippen molar-refractivity contribution in [2.24, 2.45) is 5.92 Å². The monoisotopic (exact) mass is 259 g/mol. The number of carboxylic acids is 1. The van der Waals surface area contributed by atoms with Crippen LogP contribution in [-0.4, -0.2) is 17.0 Å². The Morgan fingerprint density at radius 2 is 2.16 bits per heavy atom. The SMILES string of the molecule is O=C(O)/C=C/c1cccc(NC(=O)CC2CCC2)c1. The number of hydrogen-bond acceptors (Lipinski definition) is 2. The van der Waals surface area contributed by atoms with E-state index in [-0.39, 0.29) is 5.91 Å². The number of hydrogen-bond donors (Lipinski definition) is 2. The summed E-state index contributed by atoms with van der Waals surface area (Å²) in [5.74, 6) is -0.418. The van der Waals surface area contributed by atoms with E-state index in [1.807, 2.05) is 0 Å². The van der Waals surface area contributed by atoms with Gasteiger partial charge in [0.1, 0.15) is 0 Å². The van der Waals surface area contributed by atoms with Crippen molar-refractivity contribution in [1.29, 1.82) is 0 Å². The van der Waals surface area contributed by atoms with E-state index in [4.69, 9.17) is 5.11 Å². The summed E-state index contributed by atoms with van der Waals surface area (Å²) in [6, 6.07) is 7.15. The molecule has 0 aliphatic heterocycles. The molecule has 2 rings (SSSR count). The molecule has 0 aromatic heterocycles. The molecular weight excluding hydrogens is 242 g/mol. The van der Waals surface area contributed by atoms with Crippen molar-refractivity contribution < 1.29 is 14.7 Å². The summed E-state index contributed by atoms with van der Waals surface area (Å²) in [5.41, 5.74) is 1.46. The number of carbonyl (C=O) groups is 2. The number of carbonyl (C=O) groups excluding carboxylic acids is 1. The minimum Gasteiger partial charge on any atom is -0.478 e. The van der Waals surface area contributed by atoms with E-state index in [1.165, 1.54) is 12.5 Å². The first-order valence-corrected chi connectivity index (χ1v) is 6.44. The standard InChI is InChI=1S/C15H17NO3/c17-14(10-11-3-1-4-11)16-13-6-2-5-12(9-13)7-8-15(18)19/h2,5-9,11H,1,3-4,10H2,(H,16,17)(H,18,19)/b8-7+. The van der Waals surface area contributed by atoms with Crippen molar-refractivity contribution in [1.82, 2.24) is 0 Å². The molecule has 1 fully saturated rings. The average molecular weight is 259 g/mol. The fourth-order valence-electron chi connectivity index (χ4n) is 2.06. The lowest BCUT2D eigenvalue weighted by Crippen LogP contribution is -2.20. The zero-order valence-corrected chi connectivity index (χ0v) is 10.6. The number of amides is 1. The van der Waals surface area contributed by atoms with E-state index < -0.39 is 5.97 Å². The molecular formula is C15H17NO3. The molecule has 1 aliphatic carbocycles. The maximum Gasteiger partial charge on any atom is 0.328 e. The number of benzene rings is 1. The Balaban J connectivity index is 1.94. The predicted molar refractivity (Wildman–Crippen MR) is 73.7 cm³/mol. The lowest BCUT2D eigenvalue weighted by atomic mass is 9.83. The van der Waals surface area contributed by atoms with Crippen LogP contribution in [0.3, 0.4) is 0 Å². The van der Waals surface area contributed by atoms with E-state index in [1.54, 1.807) is 24.3 Å². The van der Waals surface area contributed by atoms with Gasteiger partial charge in [0.15, 0.2) is 0 Å². The molecule has 4 nitrogen and oxygen atoms in total. The van der Waals surface area contributed by atoms with Crippen molar-refractivity contribution in [3.8, 4) is 0 Å². The fraction of sp³-hybridized carbons (Fsp3) is 0.333. The maximum absolute atomic E-state index is 11.8. The Morgan fingerprint density at radius 1 is 1.37 bits per heavy atom. The van der Waals surface area contributed by atoms with Gasteiger partial charge in [-0.3, -0.25) is 4.79 Å². The van der Waals surface area contributed by atoms with Crippen LogP contribution in [0.4, 0.5) is 5.69 Å². The van der Waals surface area contributed by atoms with Crippen molar-refractivity contribution in [2.75, 3.05) is 5.32 Å². The minimum absolute atomic E-state index is 0.0315. The summed E-state index contributed by atoms with van der Waals surface area (Å²) in [6.45, 7) is 0. The zero-order chi connectivity index (χ0) is 13.7. The van der Waals surface area contributed by atoms with Gasteiger partial charge in [0, 0.05) is 18.2 Å². The van der Waals surface area contributed by atoms with Crippen LogP contribution in [0.2, 0.25) is 0 Å². The molecule has 1 amide bonds. The molecule has 0 atom stereocenters. The summed E-state index contributed by atoms with van der Waals surface area (Å²) in [6.07, 6.45) is 6.69. The second-order valence-electron chi connectivity index (χ2n) is 4.85. The molecule has 1 saturated carbocycles. The van der Waals surface area contributed by atoms with Gasteiger partial charge in [0.25, 0.3) is 0 Å². The fourth-order valence-corrected chi connectivity index (χ4v) is 2.06. The van der Waals surface area contributed by atoms with Crippen molar-refractivity contribution in [3.63, 3.8) is 0 Å². The molecule has 4 heteroatoms. The Kier molecular flexibility index (Phi) is 4.34. The lowest BCUT2D eigenvalue weighted by Gasteiger charge is -2.24. The van der Waals surface area contributed by atoms with Crippen LogP contribution in [0.5, 0.6) is 0 Å². The lowest BCUT2D eigenvalue weighted by molar-refractivity contribution is -0.131. The quantitative estimate of drug-likeness (QED) is 0.799. The highest BCUT2D eigenvalue weighted by molar-refractivity contribution is 5.91. The van der Waals surface area contributed by atoms with Crippen LogP contribution in [0.15, 0.2) is 30.3 Å². The van der Waals surface area contributed by atoms with Gasteiger partial charge in [-0.25, -0.2) is 4.79 Å². The third-order valence-corrected chi connectivity index (χ3v) is 3.29. The summed E-state index contributed by atoms with van der Waals surface area (Å²) in [4.78, 5) is 22.2. The third-order valence-electron chi connectivity index (χ3n) is 3.29. The van der Waals surface area contributed by atoms with E-state index in [0.717, 1.165) is 24.5 Å². The van der Waals surface area contributed by atoms with Crippen LogP contribution in [-0.2, 0) is 9.59 Å². The number of nitrogens with one attached hydrogen (secondary N) is 1. The van der Waals surface area contributed by atoms with Gasteiger partial charge in [0.2, 0.25) is 5.91 Å². The normalized spacial score (nSPS) is 15.2. The Bertz CT molecular complexity index is 504. The molecule has 100 valence electrons. The highest BCUT2D eigenvalue weighted by atomic mass is 16.4. The second kappa shape index (κ2) is 6.18. The van der Waals surface area contributed by atoms with Gasteiger partial charge in [-0.2, -0.15) is 0 Å². The number of rotatable bonds is 5. The molecule has 0 unspecified atom stereocenters. The molecule has 1 aromatic rings. The third kappa shape index (κ3) is 4.25. The summed E-state index contributed by atoms with van der Waals surface area (Å²) >= 11 is 0. The summed E-state index contributed by atoms with van der Waals surface area (Å²) in [7, 11) is 0. The van der Waals surface area contributed by atoms with E-state index >= 15 is 0 Å². The number of aliphatic carboxylic acids is 1. The van der Waals surface area contributed by atoms with Gasteiger partial charge >= 0.3 is 5.97 Å². The average Bonchev–Trinajstić information content (AvgIpc) is 2.32. The van der Waals surface area contributed by atoms with Crippen molar-refractivity contribution >= 4 is 23.6 Å². The first-order valence-electron chi connectivity index (χ1n) is 6.44. The molecule has 2 N–H and O–H groups in total. The first kappa shape index (κ1) is 13.3. The van der Waals surface area contributed by atoms with E-state index in [0.29, 0.717) is 18.0 Å². The number of carboxylic acid groups (broad SMARTS) is 1. The molecule has 0 bridgehead atoms. The maximum atomic E-state index is 11.8. The molecule has 0 spiro atoms. The highest BCUT2D eigenvalue weighted by Gasteiger charge is 2.20. The largest absolute Gasteiger partial charge is 0.478 e. The minimum atomic E-state index is -0.987. The molecule has 19 heavy (non-hydrogen) atoms. The van der Waals surface area contributed by atoms with Gasteiger partial charge in [-0.05, 0) is 42.5 Å². The van der Waals surface area contributed by atoms with Crippen LogP contribution >= 0.6 is 0 Å². The number of anilines is 1. The zero-order valence-electron chi connectivity index (χ0n) is 10.6. The van der Waals surface area contributed by atoms with Crippen LogP contribution in [0.25, 0.3) is 6.08 Å². The molecule has 0 saturated heterocycles. The topological polar surface area (TPSA) is 66.4 Å². The summed E-state index contributed by atoms with van der Waals surface area (Å²) in [5, 5.41) is 11.4. The first-order chi connectivity index (χ1) is 9.13. The van der Waals surface area contributed by atoms with Gasteiger partial charge in [-0.1, -0.05) is 18.6 Å². The Labute approximate surface area is 112 Å². The van der Waals surface area contributed by atoms with Crippen LogP contribution in [0, 0.1) is 5.92 Å². The van der Waals surface area contributed by atoms with Gasteiger partial charge in [-0.15, -0.1) is 0 Å². The molecule has 0 radical (unpaired) electrons. The predicted octanol–water partition coefficient (Wildman–Crippen LogP) is 2.91. The Morgan fingerprint density at radius 3 is 2.79 bits per heavy atom.